The number of hydrogen-bond acceptors (Lipinski definition) is 7. The number of hydrogen-bond donors (Lipinski definition) is 4. The van der Waals surface area contributed by atoms with Gasteiger partial charge in [0.15, 0.2) is 5.03 Å². The number of nitrogens with zero attached hydrogens (tertiary/aromatic N) is 2. The Morgan fingerprint density at radius 3 is 2.53 bits per heavy atom. The number of guanidine groups is 1. The lowest BCUT2D eigenvalue weighted by molar-refractivity contribution is -0.525. The van der Waals surface area contributed by atoms with Crippen molar-refractivity contribution in [1.29, 1.82) is 0 Å². The third-order valence-corrected chi connectivity index (χ3v) is 9.07. The lowest BCUT2D eigenvalue weighted by atomic mass is 9.43. The van der Waals surface area contributed by atoms with E-state index in [1.54, 1.807) is 5.43 Å². The first-order valence-electron chi connectivity index (χ1n) is 14.0. The molecule has 212 valence electrons. The first kappa shape index (κ1) is 28.6. The molecule has 5 rings (SSSR count). The number of hydrazine groups is 1. The zero-order chi connectivity index (χ0) is 27.8. The van der Waals surface area contributed by atoms with E-state index in [1.165, 1.54) is 0 Å². The van der Waals surface area contributed by atoms with Crippen molar-refractivity contribution in [3.05, 3.63) is 10.1 Å². The second-order valence-corrected chi connectivity index (χ2v) is 12.7. The summed E-state index contributed by atoms with van der Waals surface area (Å²) in [6, 6.07) is -0.760. The minimum Gasteiger partial charge on any atom is -0.404 e. The largest absolute Gasteiger partial charge is 0.481 e. The Kier molecular flexibility index (Phi) is 8.27. The van der Waals surface area contributed by atoms with E-state index in [9.17, 15) is 19.7 Å². The van der Waals surface area contributed by atoms with Crippen molar-refractivity contribution in [3.8, 4) is 0 Å². The molecule has 0 unspecified atom stereocenters. The minimum absolute atomic E-state index is 0.0114. The van der Waals surface area contributed by atoms with Gasteiger partial charge in [0.1, 0.15) is 6.04 Å². The molecule has 1 aliphatic heterocycles. The maximum atomic E-state index is 13.5. The smallest absolute Gasteiger partial charge is 0.404 e. The van der Waals surface area contributed by atoms with Crippen molar-refractivity contribution in [1.82, 2.24) is 16.1 Å². The number of rotatable bonds is 12. The Morgan fingerprint density at radius 1 is 1.21 bits per heavy atom. The molecule has 2 amide bonds. The van der Waals surface area contributed by atoms with Crippen LogP contribution in [0.4, 0.5) is 0 Å². The van der Waals surface area contributed by atoms with Crippen molar-refractivity contribution in [2.75, 3.05) is 6.54 Å². The highest BCUT2D eigenvalue weighted by molar-refractivity contribution is 6.48. The maximum absolute atomic E-state index is 13.5. The van der Waals surface area contributed by atoms with Crippen molar-refractivity contribution in [3.63, 3.8) is 0 Å². The standard InChI is InChI=1S/C25H43BN6O6/c1-14(2)11-20(26-37-19-13-16-12-18(24(16,3)4)25(19,5)38-26)30-22(34)17(29-21(33)15-8-9-15)7-6-10-28-23(27)31-32(35)36/h14-20H,6-13H2,1-5H3,(H,29,33)(H,30,34)(H3,27,28,31)/t16-,17+,18-,19-,20+,25+/m1/s1. The molecule has 6 atom stereocenters. The monoisotopic (exact) mass is 534 g/mol. The van der Waals surface area contributed by atoms with Crippen molar-refractivity contribution < 1.29 is 23.9 Å². The van der Waals surface area contributed by atoms with Crippen LogP contribution in [-0.4, -0.2) is 60.2 Å². The summed E-state index contributed by atoms with van der Waals surface area (Å²) in [5, 5.41) is 15.7. The molecule has 5 N–H and O–H groups in total. The van der Waals surface area contributed by atoms with E-state index >= 15 is 0 Å². The number of carbonyl (C=O) groups excluding carboxylic acids is 2. The lowest BCUT2D eigenvalue weighted by Crippen LogP contribution is -2.65. The second kappa shape index (κ2) is 11.0. The second-order valence-electron chi connectivity index (χ2n) is 12.7. The molecule has 4 aliphatic carbocycles. The van der Waals surface area contributed by atoms with Crippen LogP contribution in [0.1, 0.15) is 79.6 Å². The van der Waals surface area contributed by atoms with Crippen LogP contribution >= 0.6 is 0 Å². The number of amides is 2. The van der Waals surface area contributed by atoms with Gasteiger partial charge < -0.3 is 25.7 Å². The summed E-state index contributed by atoms with van der Waals surface area (Å²) in [4.78, 5) is 40.5. The molecule has 12 nitrogen and oxygen atoms in total. The molecule has 13 heteroatoms. The van der Waals surface area contributed by atoms with Gasteiger partial charge in [-0.1, -0.05) is 33.1 Å². The van der Waals surface area contributed by atoms with Crippen LogP contribution in [-0.2, 0) is 18.9 Å². The summed E-state index contributed by atoms with van der Waals surface area (Å²) in [6.07, 6.45) is 5.18. The number of nitrogens with two attached hydrogens (primary N) is 1. The Balaban J connectivity index is 1.41. The molecule has 38 heavy (non-hydrogen) atoms. The van der Waals surface area contributed by atoms with Gasteiger partial charge in [-0.05, 0) is 75.0 Å². The molecular formula is C25H43BN6O6. The quantitative estimate of drug-likeness (QED) is 0.0730. The zero-order valence-corrected chi connectivity index (χ0v) is 23.2. The Labute approximate surface area is 224 Å². The lowest BCUT2D eigenvalue weighted by Gasteiger charge is -2.64. The third kappa shape index (κ3) is 6.08. The van der Waals surface area contributed by atoms with Gasteiger partial charge in [-0.15, -0.1) is 0 Å². The summed E-state index contributed by atoms with van der Waals surface area (Å²) < 4.78 is 13.1. The van der Waals surface area contributed by atoms with Crippen LogP contribution in [0.2, 0.25) is 0 Å². The van der Waals surface area contributed by atoms with Gasteiger partial charge in [-0.3, -0.25) is 9.59 Å². The molecule has 5 aliphatic rings. The Morgan fingerprint density at radius 2 is 1.92 bits per heavy atom. The van der Waals surface area contributed by atoms with Crippen molar-refractivity contribution in [2.45, 2.75) is 103 Å². The molecule has 1 heterocycles. The van der Waals surface area contributed by atoms with E-state index in [0.717, 1.165) is 25.7 Å². The first-order chi connectivity index (χ1) is 17.8. The number of nitrogens with one attached hydrogen (secondary N) is 3. The predicted molar refractivity (Wildman–Crippen MR) is 142 cm³/mol. The van der Waals surface area contributed by atoms with E-state index in [2.05, 4.69) is 50.2 Å². The highest BCUT2D eigenvalue weighted by Gasteiger charge is 2.68. The average molecular weight is 534 g/mol. The molecule has 0 aromatic heterocycles. The molecule has 0 radical (unpaired) electrons. The van der Waals surface area contributed by atoms with Crippen LogP contribution in [0.5, 0.6) is 0 Å². The summed E-state index contributed by atoms with van der Waals surface area (Å²) >= 11 is 0. The van der Waals surface area contributed by atoms with Gasteiger partial charge in [0.2, 0.25) is 11.8 Å². The summed E-state index contributed by atoms with van der Waals surface area (Å²) in [7, 11) is -0.552. The molecule has 2 bridgehead atoms. The van der Waals surface area contributed by atoms with Gasteiger partial charge in [0, 0.05) is 12.5 Å². The normalized spacial score (nSPS) is 31.2. The fraction of sp³-hybridized carbons (Fsp3) is 0.880. The fourth-order valence-corrected chi connectivity index (χ4v) is 6.63. The van der Waals surface area contributed by atoms with Crippen LogP contribution in [0, 0.1) is 39.2 Å². The van der Waals surface area contributed by atoms with E-state index < -0.39 is 18.2 Å². The third-order valence-electron chi connectivity index (χ3n) is 9.07. The number of carbonyl (C=O) groups is 2. The summed E-state index contributed by atoms with van der Waals surface area (Å²) in [6.45, 7) is 11.2. The minimum atomic E-state index is -0.784. The number of aliphatic imine (C=N–C) groups is 1. The molecule has 1 saturated heterocycles. The van der Waals surface area contributed by atoms with Crippen LogP contribution in [0.25, 0.3) is 0 Å². The molecular weight excluding hydrogens is 491 g/mol. The number of nitro groups is 1. The van der Waals surface area contributed by atoms with E-state index in [-0.39, 0.29) is 53.3 Å². The van der Waals surface area contributed by atoms with Crippen LogP contribution < -0.4 is 21.8 Å². The first-order valence-corrected chi connectivity index (χ1v) is 14.0. The van der Waals surface area contributed by atoms with Gasteiger partial charge in [-0.2, -0.15) is 0 Å². The molecule has 4 saturated carbocycles. The Hall–Kier alpha value is -2.41. The molecule has 5 fully saturated rings. The van der Waals surface area contributed by atoms with E-state index in [4.69, 9.17) is 15.0 Å². The topological polar surface area (TPSA) is 170 Å². The highest BCUT2D eigenvalue weighted by Crippen LogP contribution is 2.65. The fourth-order valence-electron chi connectivity index (χ4n) is 6.63. The van der Waals surface area contributed by atoms with E-state index in [1.807, 2.05) is 0 Å². The van der Waals surface area contributed by atoms with Gasteiger partial charge in [0.25, 0.3) is 5.96 Å². The zero-order valence-electron chi connectivity index (χ0n) is 23.2. The molecule has 0 aromatic carbocycles. The van der Waals surface area contributed by atoms with Crippen LogP contribution in [0.15, 0.2) is 4.99 Å². The maximum Gasteiger partial charge on any atom is 0.481 e. The van der Waals surface area contributed by atoms with E-state index in [0.29, 0.717) is 37.0 Å². The van der Waals surface area contributed by atoms with Crippen LogP contribution in [0.3, 0.4) is 0 Å². The Bertz CT molecular complexity index is 959. The van der Waals surface area contributed by atoms with Gasteiger partial charge >= 0.3 is 7.12 Å². The van der Waals surface area contributed by atoms with Gasteiger partial charge in [0.05, 0.1) is 17.6 Å². The highest BCUT2D eigenvalue weighted by atomic mass is 16.7. The average Bonchev–Trinajstić information content (AvgIpc) is 3.60. The van der Waals surface area contributed by atoms with Crippen molar-refractivity contribution >= 4 is 24.9 Å². The van der Waals surface area contributed by atoms with Gasteiger partial charge in [-0.25, -0.2) is 15.1 Å². The predicted octanol–water partition coefficient (Wildman–Crippen LogP) is 1.56. The summed E-state index contributed by atoms with van der Waals surface area (Å²) in [5.41, 5.74) is 7.11. The molecule has 0 aromatic rings. The van der Waals surface area contributed by atoms with Crippen molar-refractivity contribution in [2.24, 2.45) is 39.8 Å². The summed E-state index contributed by atoms with van der Waals surface area (Å²) in [5.74, 6) is 0.213. The molecule has 0 spiro atoms. The SMILES string of the molecule is CC(C)C[C@H](NC(=O)[C@H](CCCN=C(N)N[N+](=O)[O-])NC(=O)C1CC1)B1O[C@@H]2C[C@H]3C[C@H](C3(C)C)[C@]2(C)O1.